The van der Waals surface area contributed by atoms with Crippen LogP contribution in [0.25, 0.3) is 6.08 Å². The van der Waals surface area contributed by atoms with Crippen molar-refractivity contribution in [1.29, 1.82) is 0 Å². The van der Waals surface area contributed by atoms with Gasteiger partial charge in [0, 0.05) is 43.5 Å². The molecule has 0 radical (unpaired) electrons. The molecule has 1 amide bonds. The third kappa shape index (κ3) is 3.93. The summed E-state index contributed by atoms with van der Waals surface area (Å²) in [5.41, 5.74) is 4.44. The van der Waals surface area contributed by atoms with Crippen molar-refractivity contribution in [3.05, 3.63) is 46.2 Å². The van der Waals surface area contributed by atoms with Crippen LogP contribution in [0.3, 0.4) is 0 Å². The number of anilines is 2. The van der Waals surface area contributed by atoms with Crippen molar-refractivity contribution in [3.63, 3.8) is 0 Å². The molecule has 1 heterocycles. The number of nitrogens with one attached hydrogen (secondary N) is 1. The molecule has 0 aliphatic rings. The maximum atomic E-state index is 12.2. The van der Waals surface area contributed by atoms with Crippen LogP contribution in [0.15, 0.2) is 24.3 Å². The summed E-state index contributed by atoms with van der Waals surface area (Å²) in [7, 11) is 5.71. The lowest BCUT2D eigenvalue weighted by Crippen LogP contribution is -2.15. The first-order valence-corrected chi connectivity index (χ1v) is 7.63. The van der Waals surface area contributed by atoms with Gasteiger partial charge in [-0.15, -0.1) is 0 Å². The van der Waals surface area contributed by atoms with E-state index in [1.54, 1.807) is 22.9 Å². The number of nitrogens with zero attached hydrogens (tertiary/aromatic N) is 3. The first-order chi connectivity index (χ1) is 10.8. The average molecular weight is 333 g/mol. The number of carbonyl (C=O) groups excluding carboxylic acids is 1. The van der Waals surface area contributed by atoms with Crippen molar-refractivity contribution in [3.8, 4) is 0 Å². The Kier molecular flexibility index (Phi) is 5.11. The predicted octanol–water partition coefficient (Wildman–Crippen LogP) is 3.41. The molecule has 5 nitrogen and oxygen atoms in total. The van der Waals surface area contributed by atoms with E-state index in [1.807, 2.05) is 46.0 Å². The fourth-order valence-electron chi connectivity index (χ4n) is 2.36. The van der Waals surface area contributed by atoms with Gasteiger partial charge >= 0.3 is 0 Å². The first-order valence-electron chi connectivity index (χ1n) is 7.25. The fourth-order valence-corrected chi connectivity index (χ4v) is 2.54. The van der Waals surface area contributed by atoms with Gasteiger partial charge in [-0.2, -0.15) is 5.10 Å². The Morgan fingerprint density at radius 3 is 2.61 bits per heavy atom. The molecule has 2 rings (SSSR count). The van der Waals surface area contributed by atoms with Gasteiger partial charge in [0.05, 0.1) is 17.1 Å². The van der Waals surface area contributed by atoms with Gasteiger partial charge in [-0.05, 0) is 38.1 Å². The maximum Gasteiger partial charge on any atom is 0.248 e. The van der Waals surface area contributed by atoms with Gasteiger partial charge in [0.1, 0.15) is 0 Å². The van der Waals surface area contributed by atoms with Crippen LogP contribution in [0.1, 0.15) is 17.0 Å². The van der Waals surface area contributed by atoms with E-state index in [1.165, 1.54) is 6.08 Å². The molecule has 0 aliphatic carbocycles. The van der Waals surface area contributed by atoms with Crippen LogP contribution in [-0.2, 0) is 11.8 Å². The summed E-state index contributed by atoms with van der Waals surface area (Å²) in [4.78, 5) is 14.1. The Hall–Kier alpha value is -2.27. The molecule has 1 N–H and O–H groups in total. The van der Waals surface area contributed by atoms with Crippen LogP contribution in [0.2, 0.25) is 5.02 Å². The van der Waals surface area contributed by atoms with Gasteiger partial charge in [0.25, 0.3) is 0 Å². The predicted molar refractivity (Wildman–Crippen MR) is 96.1 cm³/mol. The molecule has 122 valence electrons. The van der Waals surface area contributed by atoms with E-state index < -0.39 is 0 Å². The smallest absolute Gasteiger partial charge is 0.248 e. The molecule has 0 bridgehead atoms. The van der Waals surface area contributed by atoms with E-state index in [9.17, 15) is 4.79 Å². The number of rotatable bonds is 4. The minimum atomic E-state index is -0.210. The van der Waals surface area contributed by atoms with Gasteiger partial charge in [-0.25, -0.2) is 0 Å². The zero-order chi connectivity index (χ0) is 17.1. The lowest BCUT2D eigenvalue weighted by molar-refractivity contribution is -0.111. The van der Waals surface area contributed by atoms with Gasteiger partial charge in [-0.3, -0.25) is 9.48 Å². The average Bonchev–Trinajstić information content (AvgIpc) is 2.70. The molecule has 6 heteroatoms. The van der Waals surface area contributed by atoms with Crippen LogP contribution in [0.5, 0.6) is 0 Å². The number of benzene rings is 1. The van der Waals surface area contributed by atoms with Gasteiger partial charge in [0.2, 0.25) is 5.91 Å². The molecule has 0 saturated carbocycles. The third-order valence-electron chi connectivity index (χ3n) is 3.66. The Balaban J connectivity index is 2.20. The Morgan fingerprint density at radius 1 is 1.35 bits per heavy atom. The van der Waals surface area contributed by atoms with Crippen molar-refractivity contribution in [2.45, 2.75) is 13.8 Å². The summed E-state index contributed by atoms with van der Waals surface area (Å²) >= 11 is 6.02. The highest BCUT2D eigenvalue weighted by Crippen LogP contribution is 2.27. The molecule has 0 unspecified atom stereocenters. The van der Waals surface area contributed by atoms with E-state index in [0.29, 0.717) is 10.7 Å². The van der Waals surface area contributed by atoms with E-state index in [-0.39, 0.29) is 5.91 Å². The van der Waals surface area contributed by atoms with E-state index in [4.69, 9.17) is 11.6 Å². The van der Waals surface area contributed by atoms with E-state index in [2.05, 4.69) is 10.4 Å². The minimum Gasteiger partial charge on any atom is -0.376 e. The molecular weight excluding hydrogens is 312 g/mol. The highest BCUT2D eigenvalue weighted by molar-refractivity contribution is 6.31. The summed E-state index contributed by atoms with van der Waals surface area (Å²) in [6.45, 7) is 3.89. The number of amides is 1. The summed E-state index contributed by atoms with van der Waals surface area (Å²) in [5, 5.41) is 7.78. The molecule has 23 heavy (non-hydrogen) atoms. The van der Waals surface area contributed by atoms with Crippen LogP contribution < -0.4 is 10.2 Å². The quantitative estimate of drug-likeness (QED) is 0.873. The topological polar surface area (TPSA) is 50.2 Å². The molecule has 0 saturated heterocycles. The lowest BCUT2D eigenvalue weighted by atomic mass is 10.2. The highest BCUT2D eigenvalue weighted by Gasteiger charge is 2.09. The molecule has 0 fully saturated rings. The van der Waals surface area contributed by atoms with Crippen molar-refractivity contribution in [1.82, 2.24) is 9.78 Å². The zero-order valence-corrected chi connectivity index (χ0v) is 14.8. The summed E-state index contributed by atoms with van der Waals surface area (Å²) < 4.78 is 1.80. The Labute approximate surface area is 141 Å². The largest absolute Gasteiger partial charge is 0.376 e. The van der Waals surface area contributed by atoms with Gasteiger partial charge < -0.3 is 10.2 Å². The van der Waals surface area contributed by atoms with Crippen molar-refractivity contribution < 1.29 is 4.79 Å². The summed E-state index contributed by atoms with van der Waals surface area (Å²) in [6, 6.07) is 5.41. The number of aryl methyl sites for hydroxylation is 2. The Morgan fingerprint density at radius 2 is 2.04 bits per heavy atom. The van der Waals surface area contributed by atoms with E-state index >= 15 is 0 Å². The zero-order valence-electron chi connectivity index (χ0n) is 14.0. The number of hydrogen-bond donors (Lipinski definition) is 1. The second-order valence-electron chi connectivity index (χ2n) is 5.59. The SMILES string of the molecule is Cc1nn(C)c(C)c1/C=C/C(=O)Nc1cc(Cl)ccc1N(C)C. The van der Waals surface area contributed by atoms with Gasteiger partial charge in [0.15, 0.2) is 0 Å². The fraction of sp³-hybridized carbons (Fsp3) is 0.294. The molecule has 0 aliphatic heterocycles. The number of aromatic nitrogens is 2. The molecule has 1 aromatic heterocycles. The minimum absolute atomic E-state index is 0.210. The monoisotopic (exact) mass is 332 g/mol. The second-order valence-corrected chi connectivity index (χ2v) is 6.02. The van der Waals surface area contributed by atoms with Crippen molar-refractivity contribution in [2.24, 2.45) is 7.05 Å². The molecular formula is C17H21ClN4O. The molecule has 0 atom stereocenters. The van der Waals surface area contributed by atoms with Crippen LogP contribution in [-0.4, -0.2) is 29.8 Å². The Bertz CT molecular complexity index is 762. The molecule has 0 spiro atoms. The molecule has 1 aromatic carbocycles. The van der Waals surface area contributed by atoms with E-state index in [0.717, 1.165) is 22.6 Å². The van der Waals surface area contributed by atoms with Crippen LogP contribution in [0, 0.1) is 13.8 Å². The first kappa shape index (κ1) is 17.1. The number of halogens is 1. The second kappa shape index (κ2) is 6.87. The lowest BCUT2D eigenvalue weighted by Gasteiger charge is -2.17. The number of hydrogen-bond acceptors (Lipinski definition) is 3. The normalized spacial score (nSPS) is 11.0. The van der Waals surface area contributed by atoms with Crippen LogP contribution in [0.4, 0.5) is 11.4 Å². The highest BCUT2D eigenvalue weighted by atomic mass is 35.5. The summed E-state index contributed by atoms with van der Waals surface area (Å²) in [5.74, 6) is -0.210. The van der Waals surface area contributed by atoms with Crippen molar-refractivity contribution in [2.75, 3.05) is 24.3 Å². The van der Waals surface area contributed by atoms with Crippen LogP contribution >= 0.6 is 11.6 Å². The van der Waals surface area contributed by atoms with Gasteiger partial charge in [-0.1, -0.05) is 11.6 Å². The standard InChI is InChI=1S/C17H21ClN4O/c1-11-14(12(2)22(5)20-11)7-9-17(23)19-15-10-13(18)6-8-16(15)21(3)4/h6-10H,1-5H3,(H,19,23)/b9-7+. The number of carbonyl (C=O) groups is 1. The maximum absolute atomic E-state index is 12.2. The van der Waals surface area contributed by atoms with Crippen molar-refractivity contribution >= 4 is 35.0 Å². The third-order valence-corrected chi connectivity index (χ3v) is 3.90. The molecule has 2 aromatic rings. The summed E-state index contributed by atoms with van der Waals surface area (Å²) in [6.07, 6.45) is 3.30.